The van der Waals surface area contributed by atoms with Crippen molar-refractivity contribution in [2.24, 2.45) is 0 Å². The third-order valence-electron chi connectivity index (χ3n) is 3.02. The van der Waals surface area contributed by atoms with Crippen molar-refractivity contribution in [3.63, 3.8) is 0 Å². The van der Waals surface area contributed by atoms with Crippen molar-refractivity contribution in [1.29, 1.82) is 0 Å². The van der Waals surface area contributed by atoms with E-state index in [4.69, 9.17) is 4.74 Å². The molecular weight excluding hydrogens is 258 g/mol. The Bertz CT molecular complexity index is 487. The maximum atomic E-state index is 12.2. The fraction of sp³-hybridized carbons (Fsp3) is 0.467. The molecule has 0 bridgehead atoms. The minimum Gasteiger partial charge on any atom is -0.494 e. The van der Waals surface area contributed by atoms with E-state index in [0.29, 0.717) is 30.8 Å². The molecule has 110 valence electrons. The van der Waals surface area contributed by atoms with Gasteiger partial charge in [0.2, 0.25) is 0 Å². The zero-order valence-corrected chi connectivity index (χ0v) is 12.1. The number of aliphatic carboxylic acids is 1. The van der Waals surface area contributed by atoms with Gasteiger partial charge in [0, 0.05) is 5.56 Å². The first-order valence-electron chi connectivity index (χ1n) is 6.71. The molecule has 1 aromatic carbocycles. The average molecular weight is 279 g/mol. The van der Waals surface area contributed by atoms with Crippen LogP contribution in [0, 0.1) is 0 Å². The lowest BCUT2D eigenvalue weighted by molar-refractivity contribution is -0.144. The van der Waals surface area contributed by atoms with Gasteiger partial charge < -0.3 is 15.2 Å². The van der Waals surface area contributed by atoms with E-state index in [1.807, 2.05) is 13.8 Å². The smallest absolute Gasteiger partial charge is 0.329 e. The molecule has 1 aromatic rings. The molecule has 1 amide bonds. The van der Waals surface area contributed by atoms with Crippen LogP contribution in [0.4, 0.5) is 0 Å². The fourth-order valence-electron chi connectivity index (χ4n) is 1.94. The van der Waals surface area contributed by atoms with E-state index in [2.05, 4.69) is 5.32 Å². The third-order valence-corrected chi connectivity index (χ3v) is 3.02. The second-order valence-electron chi connectivity index (χ2n) is 4.80. The van der Waals surface area contributed by atoms with Crippen molar-refractivity contribution in [3.8, 4) is 5.75 Å². The van der Waals surface area contributed by atoms with Gasteiger partial charge in [0.25, 0.3) is 5.91 Å². The van der Waals surface area contributed by atoms with Gasteiger partial charge in [-0.3, -0.25) is 4.79 Å². The Morgan fingerprint density at radius 1 is 1.35 bits per heavy atom. The summed E-state index contributed by atoms with van der Waals surface area (Å²) in [6.07, 6.45) is 1.04. The Morgan fingerprint density at radius 2 is 2.05 bits per heavy atom. The van der Waals surface area contributed by atoms with E-state index >= 15 is 0 Å². The van der Waals surface area contributed by atoms with Gasteiger partial charge in [0.15, 0.2) is 0 Å². The number of carboxylic acid groups (broad SMARTS) is 1. The fourth-order valence-corrected chi connectivity index (χ4v) is 1.94. The maximum Gasteiger partial charge on any atom is 0.329 e. The molecule has 0 spiro atoms. The second-order valence-corrected chi connectivity index (χ2v) is 4.80. The SMILES string of the molecule is CCCC(C)(NC(=O)c1cccc(OCC)c1)C(=O)O. The van der Waals surface area contributed by atoms with Crippen LogP contribution in [0.3, 0.4) is 0 Å². The minimum atomic E-state index is -1.26. The summed E-state index contributed by atoms with van der Waals surface area (Å²) in [5, 5.41) is 11.8. The van der Waals surface area contributed by atoms with Crippen LogP contribution in [0.1, 0.15) is 44.0 Å². The molecule has 0 fully saturated rings. The zero-order chi connectivity index (χ0) is 15.2. The lowest BCUT2D eigenvalue weighted by Crippen LogP contribution is -2.52. The molecule has 0 heterocycles. The van der Waals surface area contributed by atoms with Crippen LogP contribution < -0.4 is 10.1 Å². The normalized spacial score (nSPS) is 13.3. The van der Waals surface area contributed by atoms with E-state index in [0.717, 1.165) is 0 Å². The number of carboxylic acids is 1. The molecule has 0 aliphatic carbocycles. The molecule has 2 N–H and O–H groups in total. The Kier molecular flexibility index (Phi) is 5.55. The van der Waals surface area contributed by atoms with E-state index in [1.165, 1.54) is 6.92 Å². The number of hydrogen-bond donors (Lipinski definition) is 2. The molecule has 1 atom stereocenters. The van der Waals surface area contributed by atoms with Gasteiger partial charge in [-0.1, -0.05) is 19.4 Å². The first kappa shape index (κ1) is 16.0. The Balaban J connectivity index is 2.89. The van der Waals surface area contributed by atoms with Crippen molar-refractivity contribution in [2.45, 2.75) is 39.2 Å². The van der Waals surface area contributed by atoms with Gasteiger partial charge in [-0.25, -0.2) is 4.79 Å². The molecule has 20 heavy (non-hydrogen) atoms. The molecule has 1 rings (SSSR count). The highest BCUT2D eigenvalue weighted by Gasteiger charge is 2.34. The Morgan fingerprint density at radius 3 is 2.60 bits per heavy atom. The van der Waals surface area contributed by atoms with Crippen molar-refractivity contribution >= 4 is 11.9 Å². The largest absolute Gasteiger partial charge is 0.494 e. The molecule has 0 aliphatic heterocycles. The molecule has 0 aromatic heterocycles. The molecule has 0 radical (unpaired) electrons. The maximum absolute atomic E-state index is 12.2. The Labute approximate surface area is 118 Å². The van der Waals surface area contributed by atoms with Crippen LogP contribution in [0.2, 0.25) is 0 Å². The van der Waals surface area contributed by atoms with Crippen LogP contribution in [-0.2, 0) is 4.79 Å². The summed E-state index contributed by atoms with van der Waals surface area (Å²) in [5.41, 5.74) is -0.868. The van der Waals surface area contributed by atoms with Crippen molar-refractivity contribution in [1.82, 2.24) is 5.32 Å². The van der Waals surface area contributed by atoms with E-state index in [-0.39, 0.29) is 0 Å². The molecule has 0 aliphatic rings. The monoisotopic (exact) mass is 279 g/mol. The first-order chi connectivity index (χ1) is 9.42. The van der Waals surface area contributed by atoms with E-state index < -0.39 is 17.4 Å². The summed E-state index contributed by atoms with van der Waals surface area (Å²) in [7, 11) is 0. The number of amides is 1. The average Bonchev–Trinajstić information content (AvgIpc) is 2.39. The zero-order valence-electron chi connectivity index (χ0n) is 12.1. The van der Waals surface area contributed by atoms with Gasteiger partial charge >= 0.3 is 5.97 Å². The number of benzene rings is 1. The van der Waals surface area contributed by atoms with Crippen LogP contribution >= 0.6 is 0 Å². The summed E-state index contributed by atoms with van der Waals surface area (Å²) < 4.78 is 5.33. The van der Waals surface area contributed by atoms with Crippen molar-refractivity contribution in [2.75, 3.05) is 6.61 Å². The van der Waals surface area contributed by atoms with Crippen molar-refractivity contribution in [3.05, 3.63) is 29.8 Å². The van der Waals surface area contributed by atoms with Crippen molar-refractivity contribution < 1.29 is 19.4 Å². The molecule has 5 heteroatoms. The molecule has 0 saturated carbocycles. The molecule has 0 saturated heterocycles. The highest BCUT2D eigenvalue weighted by atomic mass is 16.5. The quantitative estimate of drug-likeness (QED) is 0.804. The number of ether oxygens (including phenoxy) is 1. The predicted molar refractivity (Wildman–Crippen MR) is 76.0 cm³/mol. The lowest BCUT2D eigenvalue weighted by Gasteiger charge is -2.25. The van der Waals surface area contributed by atoms with Crippen LogP contribution in [0.15, 0.2) is 24.3 Å². The predicted octanol–water partition coefficient (Wildman–Crippen LogP) is 2.46. The summed E-state index contributed by atoms with van der Waals surface area (Å²) in [4.78, 5) is 23.5. The van der Waals surface area contributed by atoms with Crippen LogP contribution in [0.25, 0.3) is 0 Å². The summed E-state index contributed by atoms with van der Waals surface area (Å²) in [6.45, 7) is 5.76. The van der Waals surface area contributed by atoms with Gasteiger partial charge in [-0.15, -0.1) is 0 Å². The number of hydrogen-bond acceptors (Lipinski definition) is 3. The van der Waals surface area contributed by atoms with E-state index in [1.54, 1.807) is 24.3 Å². The first-order valence-corrected chi connectivity index (χ1v) is 6.71. The second kappa shape index (κ2) is 6.93. The lowest BCUT2D eigenvalue weighted by atomic mass is 9.95. The highest BCUT2D eigenvalue weighted by molar-refractivity contribution is 5.98. The van der Waals surface area contributed by atoms with Gasteiger partial charge in [0.05, 0.1) is 6.61 Å². The van der Waals surface area contributed by atoms with Gasteiger partial charge in [-0.2, -0.15) is 0 Å². The number of nitrogens with one attached hydrogen (secondary N) is 1. The topological polar surface area (TPSA) is 75.6 Å². The van der Waals surface area contributed by atoms with Crippen LogP contribution in [-0.4, -0.2) is 29.1 Å². The standard InChI is InChI=1S/C15H21NO4/c1-4-9-15(3,14(18)19)16-13(17)11-7-6-8-12(10-11)20-5-2/h6-8,10H,4-5,9H2,1-3H3,(H,16,17)(H,18,19). The summed E-state index contributed by atoms with van der Waals surface area (Å²) >= 11 is 0. The van der Waals surface area contributed by atoms with Crippen LogP contribution in [0.5, 0.6) is 5.75 Å². The highest BCUT2D eigenvalue weighted by Crippen LogP contribution is 2.17. The molecular formula is C15H21NO4. The number of rotatable bonds is 7. The minimum absolute atomic E-state index is 0.374. The van der Waals surface area contributed by atoms with Gasteiger partial charge in [-0.05, 0) is 38.5 Å². The Hall–Kier alpha value is -2.04. The summed E-state index contributed by atoms with van der Waals surface area (Å²) in [5.74, 6) is -0.855. The summed E-state index contributed by atoms with van der Waals surface area (Å²) in [6, 6.07) is 6.69. The van der Waals surface area contributed by atoms with Gasteiger partial charge in [0.1, 0.15) is 11.3 Å². The van der Waals surface area contributed by atoms with E-state index in [9.17, 15) is 14.7 Å². The third kappa shape index (κ3) is 3.98. The molecule has 5 nitrogen and oxygen atoms in total. The molecule has 1 unspecified atom stereocenters. The number of carbonyl (C=O) groups excluding carboxylic acids is 1. The number of carbonyl (C=O) groups is 2.